The second-order valence-electron chi connectivity index (χ2n) is 5.17. The van der Waals surface area contributed by atoms with Gasteiger partial charge in [0.25, 0.3) is 0 Å². The highest BCUT2D eigenvalue weighted by Crippen LogP contribution is 1.86. The van der Waals surface area contributed by atoms with Crippen LogP contribution in [0.2, 0.25) is 0 Å². The zero-order valence-electron chi connectivity index (χ0n) is 15.2. The van der Waals surface area contributed by atoms with E-state index in [-0.39, 0.29) is 0 Å². The smallest absolute Gasteiger partial charge is 0.0701 e. The molecule has 0 bridgehead atoms. The van der Waals surface area contributed by atoms with E-state index in [9.17, 15) is 0 Å². The Morgan fingerprint density at radius 2 is 0.792 bits per heavy atom. The Bertz CT molecular complexity index is 237. The molecule has 0 aromatic heterocycles. The molecule has 0 rings (SSSR count). The molecule has 0 aliphatic heterocycles. The monoisotopic (exact) mass is 463 g/mol. The Morgan fingerprint density at radius 1 is 0.500 bits per heavy atom. The van der Waals surface area contributed by atoms with Gasteiger partial charge in [0.1, 0.15) is 0 Å². The molecule has 0 atom stereocenters. The molecular weight excluding hydrogens is 429 g/mol. The van der Waals surface area contributed by atoms with Crippen LogP contribution in [0, 0.1) is 0 Å². The largest absolute Gasteiger partial charge is 0.378 e. The lowest BCUT2D eigenvalue weighted by Gasteiger charge is -2.10. The van der Waals surface area contributed by atoms with Crippen LogP contribution >= 0.6 is 22.6 Å². The molecule has 146 valence electrons. The Kier molecular flexibility index (Phi) is 21.9. The number of halogens is 1. The Balaban J connectivity index is 2.95. The Hall–Kier alpha value is 0.450. The molecule has 0 saturated carbocycles. The van der Waals surface area contributed by atoms with Crippen LogP contribution in [0.1, 0.15) is 0 Å². The van der Waals surface area contributed by atoms with Gasteiger partial charge in [-0.25, -0.2) is 0 Å². The average molecular weight is 463 g/mol. The van der Waals surface area contributed by atoms with Crippen LogP contribution in [-0.4, -0.2) is 109 Å². The molecular formula is C16H34INO6. The van der Waals surface area contributed by atoms with E-state index in [1.54, 1.807) is 0 Å². The first kappa shape index (κ1) is 24.5. The van der Waals surface area contributed by atoms with Gasteiger partial charge in [0.2, 0.25) is 0 Å². The first-order valence-corrected chi connectivity index (χ1v) is 9.97. The van der Waals surface area contributed by atoms with Crippen LogP contribution < -0.4 is 0 Å². The fourth-order valence-electron chi connectivity index (χ4n) is 1.50. The molecule has 0 aromatic carbocycles. The predicted molar refractivity (Wildman–Crippen MR) is 102 cm³/mol. The van der Waals surface area contributed by atoms with Crippen LogP contribution in [0.15, 0.2) is 0 Å². The Labute approximate surface area is 160 Å². The fourth-order valence-corrected chi connectivity index (χ4v) is 1.81. The standard InChI is InChI=1S/C16H34INO6/c1-18(2)4-6-20-8-10-22-12-14-24-16-15-23-13-11-21-9-7-19-5-3-17/h3-16H2,1-2H3. The molecule has 0 N–H and O–H groups in total. The molecule has 7 nitrogen and oxygen atoms in total. The summed E-state index contributed by atoms with van der Waals surface area (Å²) in [6, 6.07) is 0. The van der Waals surface area contributed by atoms with Crippen molar-refractivity contribution in [3.8, 4) is 0 Å². The lowest BCUT2D eigenvalue weighted by Crippen LogP contribution is -2.19. The van der Waals surface area contributed by atoms with Gasteiger partial charge in [-0.15, -0.1) is 0 Å². The van der Waals surface area contributed by atoms with Crippen LogP contribution in [0.4, 0.5) is 0 Å². The summed E-state index contributed by atoms with van der Waals surface area (Å²) in [6.07, 6.45) is 0. The maximum absolute atomic E-state index is 5.42. The van der Waals surface area contributed by atoms with Crippen molar-refractivity contribution in [1.82, 2.24) is 4.90 Å². The second kappa shape index (κ2) is 21.5. The third kappa shape index (κ3) is 22.4. The average Bonchev–Trinajstić information content (AvgIpc) is 2.56. The first-order valence-electron chi connectivity index (χ1n) is 8.44. The van der Waals surface area contributed by atoms with E-state index in [2.05, 4.69) is 27.5 Å². The first-order chi connectivity index (χ1) is 11.8. The molecule has 0 spiro atoms. The van der Waals surface area contributed by atoms with Gasteiger partial charge in [-0.2, -0.15) is 0 Å². The lowest BCUT2D eigenvalue weighted by molar-refractivity contribution is -0.0165. The van der Waals surface area contributed by atoms with Gasteiger partial charge in [-0.3, -0.25) is 0 Å². The summed E-state index contributed by atoms with van der Waals surface area (Å²) in [7, 11) is 4.05. The molecule has 0 radical (unpaired) electrons. The number of hydrogen-bond acceptors (Lipinski definition) is 7. The van der Waals surface area contributed by atoms with Crippen molar-refractivity contribution in [3.05, 3.63) is 0 Å². The van der Waals surface area contributed by atoms with Crippen molar-refractivity contribution in [2.45, 2.75) is 0 Å². The van der Waals surface area contributed by atoms with E-state index in [0.29, 0.717) is 66.1 Å². The highest BCUT2D eigenvalue weighted by Gasteiger charge is 1.94. The topological polar surface area (TPSA) is 58.6 Å². The van der Waals surface area contributed by atoms with Crippen LogP contribution in [0.25, 0.3) is 0 Å². The number of likely N-dealkylation sites (N-methyl/N-ethyl adjacent to an activating group) is 1. The molecule has 24 heavy (non-hydrogen) atoms. The molecule has 0 aromatic rings. The van der Waals surface area contributed by atoms with Crippen LogP contribution in [0.3, 0.4) is 0 Å². The van der Waals surface area contributed by atoms with E-state index in [1.807, 2.05) is 14.1 Å². The summed E-state index contributed by atoms with van der Waals surface area (Å²) in [5, 5.41) is 0. The minimum Gasteiger partial charge on any atom is -0.378 e. The highest BCUT2D eigenvalue weighted by atomic mass is 127. The molecule has 0 aliphatic carbocycles. The van der Waals surface area contributed by atoms with Gasteiger partial charge in [-0.1, -0.05) is 22.6 Å². The summed E-state index contributed by atoms with van der Waals surface area (Å²) in [6.45, 7) is 8.41. The van der Waals surface area contributed by atoms with Crippen molar-refractivity contribution in [2.75, 3.05) is 104 Å². The molecule has 0 fully saturated rings. The zero-order valence-corrected chi connectivity index (χ0v) is 17.3. The third-order valence-corrected chi connectivity index (χ3v) is 3.20. The van der Waals surface area contributed by atoms with E-state index in [1.165, 1.54) is 0 Å². The van der Waals surface area contributed by atoms with E-state index < -0.39 is 0 Å². The van der Waals surface area contributed by atoms with Crippen molar-refractivity contribution >= 4 is 22.6 Å². The van der Waals surface area contributed by atoms with E-state index >= 15 is 0 Å². The van der Waals surface area contributed by atoms with Crippen molar-refractivity contribution in [3.63, 3.8) is 0 Å². The van der Waals surface area contributed by atoms with E-state index in [4.69, 9.17) is 28.4 Å². The zero-order chi connectivity index (χ0) is 17.7. The third-order valence-electron chi connectivity index (χ3n) is 2.76. The van der Waals surface area contributed by atoms with Gasteiger partial charge in [0.15, 0.2) is 0 Å². The van der Waals surface area contributed by atoms with Gasteiger partial charge in [0, 0.05) is 11.0 Å². The van der Waals surface area contributed by atoms with Gasteiger partial charge in [-0.05, 0) is 14.1 Å². The molecule has 0 heterocycles. The summed E-state index contributed by atoms with van der Waals surface area (Å²) in [4.78, 5) is 2.09. The summed E-state index contributed by atoms with van der Waals surface area (Å²) < 4.78 is 33.3. The lowest BCUT2D eigenvalue weighted by atomic mass is 10.6. The number of hydrogen-bond donors (Lipinski definition) is 0. The minimum absolute atomic E-state index is 0.571. The van der Waals surface area contributed by atoms with Crippen molar-refractivity contribution in [2.24, 2.45) is 0 Å². The second-order valence-corrected chi connectivity index (χ2v) is 6.25. The normalized spacial score (nSPS) is 11.5. The van der Waals surface area contributed by atoms with Crippen molar-refractivity contribution in [1.29, 1.82) is 0 Å². The molecule has 0 unspecified atom stereocenters. The van der Waals surface area contributed by atoms with Crippen LogP contribution in [-0.2, 0) is 28.4 Å². The van der Waals surface area contributed by atoms with Gasteiger partial charge < -0.3 is 33.3 Å². The van der Waals surface area contributed by atoms with Crippen molar-refractivity contribution < 1.29 is 28.4 Å². The number of ether oxygens (including phenoxy) is 6. The maximum atomic E-state index is 5.42. The Morgan fingerprint density at radius 3 is 1.08 bits per heavy atom. The van der Waals surface area contributed by atoms with E-state index in [0.717, 1.165) is 24.2 Å². The number of nitrogens with zero attached hydrogens (tertiary/aromatic N) is 1. The minimum atomic E-state index is 0.571. The number of alkyl halides is 1. The van der Waals surface area contributed by atoms with Crippen LogP contribution in [0.5, 0.6) is 0 Å². The summed E-state index contributed by atoms with van der Waals surface area (Å²) >= 11 is 2.28. The SMILES string of the molecule is CN(C)CCOCCOCCOCCOCCOCCOCCI. The highest BCUT2D eigenvalue weighted by molar-refractivity contribution is 14.1. The fraction of sp³-hybridized carbons (Fsp3) is 1.00. The van der Waals surface area contributed by atoms with Gasteiger partial charge >= 0.3 is 0 Å². The quantitative estimate of drug-likeness (QED) is 0.152. The molecule has 0 saturated heterocycles. The molecule has 8 heteroatoms. The predicted octanol–water partition coefficient (Wildman–Crippen LogP) is 1.08. The summed E-state index contributed by atoms with van der Waals surface area (Å²) in [5.74, 6) is 0. The molecule has 0 aliphatic rings. The maximum Gasteiger partial charge on any atom is 0.0701 e. The van der Waals surface area contributed by atoms with Gasteiger partial charge in [0.05, 0.1) is 79.3 Å². The number of rotatable bonds is 20. The summed E-state index contributed by atoms with van der Waals surface area (Å²) in [5.41, 5.74) is 0. The molecule has 0 amide bonds.